The van der Waals surface area contributed by atoms with Crippen LogP contribution in [0.5, 0.6) is 5.75 Å². The normalized spacial score (nSPS) is 10.1. The molecule has 0 fully saturated rings. The lowest BCUT2D eigenvalue weighted by atomic mass is 10.1. The molecule has 0 aromatic heterocycles. The Morgan fingerprint density at radius 3 is 2.36 bits per heavy atom. The zero-order valence-corrected chi connectivity index (χ0v) is 12.6. The molecular weight excluding hydrogens is 306 g/mol. The van der Waals surface area contributed by atoms with Crippen LogP contribution in [0, 0.1) is 0 Å². The highest BCUT2D eigenvalue weighted by molar-refractivity contribution is 6.30. The Hall–Kier alpha value is -2.53. The van der Waals surface area contributed by atoms with Crippen LogP contribution in [0.4, 0.5) is 0 Å². The summed E-state index contributed by atoms with van der Waals surface area (Å²) in [6.07, 6.45) is 0. The summed E-state index contributed by atoms with van der Waals surface area (Å²) < 4.78 is 5.07. The summed E-state index contributed by atoms with van der Waals surface area (Å²) in [7, 11) is 1.33. The molecule has 0 radical (unpaired) electrons. The van der Waals surface area contributed by atoms with Gasteiger partial charge in [0.1, 0.15) is 11.3 Å². The fourth-order valence-electron chi connectivity index (χ4n) is 1.98. The van der Waals surface area contributed by atoms with E-state index in [0.29, 0.717) is 11.6 Å². The summed E-state index contributed by atoms with van der Waals surface area (Å²) in [5.41, 5.74) is 1.00. The number of aromatic carboxylic acids is 1. The van der Waals surface area contributed by atoms with Crippen LogP contribution in [-0.2, 0) is 6.54 Å². The molecule has 0 atom stereocenters. The second-order valence-corrected chi connectivity index (χ2v) is 4.94. The molecule has 0 saturated carbocycles. The van der Waals surface area contributed by atoms with Crippen LogP contribution < -0.4 is 10.1 Å². The summed E-state index contributed by atoms with van der Waals surface area (Å²) in [5, 5.41) is 12.4. The third-order valence-electron chi connectivity index (χ3n) is 3.06. The fraction of sp³-hybridized carbons (Fsp3) is 0.125. The van der Waals surface area contributed by atoms with Crippen molar-refractivity contribution in [3.63, 3.8) is 0 Å². The molecule has 2 rings (SSSR count). The number of carboxylic acid groups (broad SMARTS) is 1. The molecule has 0 spiro atoms. The Morgan fingerprint density at radius 1 is 1.14 bits per heavy atom. The Labute approximate surface area is 132 Å². The molecule has 0 heterocycles. The van der Waals surface area contributed by atoms with Crippen molar-refractivity contribution in [1.29, 1.82) is 0 Å². The lowest BCUT2D eigenvalue weighted by molar-refractivity contribution is 0.0693. The number of benzene rings is 2. The summed E-state index contributed by atoms with van der Waals surface area (Å²) in [6.45, 7) is 0.302. The quantitative estimate of drug-likeness (QED) is 0.888. The third-order valence-corrected chi connectivity index (χ3v) is 3.31. The largest absolute Gasteiger partial charge is 0.495 e. The van der Waals surface area contributed by atoms with Gasteiger partial charge in [-0.15, -0.1) is 0 Å². The number of methoxy groups -OCH3 is 1. The van der Waals surface area contributed by atoms with E-state index in [4.69, 9.17) is 21.4 Å². The van der Waals surface area contributed by atoms with E-state index < -0.39 is 11.9 Å². The molecule has 0 unspecified atom stereocenters. The van der Waals surface area contributed by atoms with Gasteiger partial charge in [0.15, 0.2) is 0 Å². The van der Waals surface area contributed by atoms with Crippen molar-refractivity contribution in [1.82, 2.24) is 5.32 Å². The van der Waals surface area contributed by atoms with Gasteiger partial charge in [-0.3, -0.25) is 4.79 Å². The molecule has 22 heavy (non-hydrogen) atoms. The second kappa shape index (κ2) is 6.95. The van der Waals surface area contributed by atoms with Gasteiger partial charge in [-0.05, 0) is 29.8 Å². The Kier molecular flexibility index (Phi) is 5.01. The minimum atomic E-state index is -1.15. The minimum Gasteiger partial charge on any atom is -0.495 e. The zero-order valence-electron chi connectivity index (χ0n) is 11.8. The highest BCUT2D eigenvalue weighted by Gasteiger charge is 2.19. The summed E-state index contributed by atoms with van der Waals surface area (Å²) in [6, 6.07) is 11.5. The maximum absolute atomic E-state index is 12.2. The Morgan fingerprint density at radius 2 is 1.77 bits per heavy atom. The molecule has 0 aliphatic carbocycles. The molecule has 2 aromatic carbocycles. The van der Waals surface area contributed by atoms with Crippen LogP contribution in [0.1, 0.15) is 26.3 Å². The molecule has 0 saturated heterocycles. The second-order valence-electron chi connectivity index (χ2n) is 4.50. The van der Waals surface area contributed by atoms with E-state index in [2.05, 4.69) is 5.32 Å². The first-order valence-electron chi connectivity index (χ1n) is 6.46. The molecule has 1 amide bonds. The van der Waals surface area contributed by atoms with Crippen LogP contribution >= 0.6 is 11.6 Å². The van der Waals surface area contributed by atoms with Crippen molar-refractivity contribution >= 4 is 23.5 Å². The SMILES string of the molecule is COc1c(C(=O)O)cccc1C(=O)NCc1ccc(Cl)cc1. The maximum atomic E-state index is 12.2. The fourth-order valence-corrected chi connectivity index (χ4v) is 2.11. The molecule has 6 heteroatoms. The van der Waals surface area contributed by atoms with Crippen molar-refractivity contribution in [3.05, 3.63) is 64.2 Å². The molecule has 2 N–H and O–H groups in total. The van der Waals surface area contributed by atoms with Gasteiger partial charge in [0.05, 0.1) is 12.7 Å². The molecule has 2 aromatic rings. The molecule has 0 aliphatic rings. The standard InChI is InChI=1S/C16H14ClNO4/c1-22-14-12(3-2-4-13(14)16(20)21)15(19)18-9-10-5-7-11(17)8-6-10/h2-8H,9H2,1H3,(H,18,19)(H,20,21). The highest BCUT2D eigenvalue weighted by Crippen LogP contribution is 2.24. The van der Waals surface area contributed by atoms with E-state index in [1.54, 1.807) is 24.3 Å². The van der Waals surface area contributed by atoms with E-state index in [0.717, 1.165) is 5.56 Å². The predicted molar refractivity (Wildman–Crippen MR) is 82.6 cm³/mol. The number of amides is 1. The van der Waals surface area contributed by atoms with Gasteiger partial charge in [-0.1, -0.05) is 29.8 Å². The maximum Gasteiger partial charge on any atom is 0.339 e. The third kappa shape index (κ3) is 3.56. The topological polar surface area (TPSA) is 75.6 Å². The average Bonchev–Trinajstić information content (AvgIpc) is 2.53. The number of carbonyl (C=O) groups excluding carboxylic acids is 1. The van der Waals surface area contributed by atoms with Crippen LogP contribution in [0.3, 0.4) is 0 Å². The number of halogens is 1. The lowest BCUT2D eigenvalue weighted by Crippen LogP contribution is -2.24. The zero-order chi connectivity index (χ0) is 16.1. The van der Waals surface area contributed by atoms with Crippen LogP contribution in [0.15, 0.2) is 42.5 Å². The smallest absolute Gasteiger partial charge is 0.339 e. The van der Waals surface area contributed by atoms with Gasteiger partial charge in [-0.25, -0.2) is 4.79 Å². The van der Waals surface area contributed by atoms with Crippen LogP contribution in [-0.4, -0.2) is 24.1 Å². The summed E-state index contributed by atoms with van der Waals surface area (Å²) in [5.74, 6) is -1.51. The van der Waals surface area contributed by atoms with Crippen LogP contribution in [0.25, 0.3) is 0 Å². The first-order valence-corrected chi connectivity index (χ1v) is 6.83. The van der Waals surface area contributed by atoms with E-state index in [9.17, 15) is 9.59 Å². The van der Waals surface area contributed by atoms with E-state index in [1.165, 1.54) is 25.3 Å². The number of hydrogen-bond donors (Lipinski definition) is 2. The Balaban J connectivity index is 2.17. The van der Waals surface area contributed by atoms with Crippen molar-refractivity contribution in [2.45, 2.75) is 6.54 Å². The van der Waals surface area contributed by atoms with Gasteiger partial charge >= 0.3 is 5.97 Å². The average molecular weight is 320 g/mol. The van der Waals surface area contributed by atoms with Gasteiger partial charge in [-0.2, -0.15) is 0 Å². The van der Waals surface area contributed by atoms with Gasteiger partial charge in [0.25, 0.3) is 5.91 Å². The van der Waals surface area contributed by atoms with E-state index >= 15 is 0 Å². The summed E-state index contributed by atoms with van der Waals surface area (Å²) in [4.78, 5) is 23.4. The Bertz CT molecular complexity index is 698. The molecule has 5 nitrogen and oxygen atoms in total. The first-order chi connectivity index (χ1) is 10.5. The number of carbonyl (C=O) groups is 2. The van der Waals surface area contributed by atoms with E-state index in [1.807, 2.05) is 0 Å². The van der Waals surface area contributed by atoms with Crippen LogP contribution in [0.2, 0.25) is 5.02 Å². The van der Waals surface area contributed by atoms with E-state index in [-0.39, 0.29) is 16.9 Å². The molecule has 0 bridgehead atoms. The number of hydrogen-bond acceptors (Lipinski definition) is 3. The molecular formula is C16H14ClNO4. The molecule has 114 valence electrons. The van der Waals surface area contributed by atoms with Gasteiger partial charge in [0, 0.05) is 11.6 Å². The van der Waals surface area contributed by atoms with Gasteiger partial charge in [0.2, 0.25) is 0 Å². The first kappa shape index (κ1) is 15.9. The number of ether oxygens (including phenoxy) is 1. The van der Waals surface area contributed by atoms with Crippen molar-refractivity contribution in [3.8, 4) is 5.75 Å². The molecule has 0 aliphatic heterocycles. The number of carboxylic acids is 1. The summed E-state index contributed by atoms with van der Waals surface area (Å²) >= 11 is 5.80. The number of para-hydroxylation sites is 1. The lowest BCUT2D eigenvalue weighted by Gasteiger charge is -2.11. The highest BCUT2D eigenvalue weighted by atomic mass is 35.5. The van der Waals surface area contributed by atoms with Crippen molar-refractivity contribution in [2.75, 3.05) is 7.11 Å². The van der Waals surface area contributed by atoms with Gasteiger partial charge < -0.3 is 15.2 Å². The predicted octanol–water partition coefficient (Wildman–Crippen LogP) is 2.98. The number of rotatable bonds is 5. The minimum absolute atomic E-state index is 0.0450. The van der Waals surface area contributed by atoms with Crippen molar-refractivity contribution in [2.24, 2.45) is 0 Å². The van der Waals surface area contributed by atoms with Crippen molar-refractivity contribution < 1.29 is 19.4 Å². The monoisotopic (exact) mass is 319 g/mol. The number of nitrogens with one attached hydrogen (secondary N) is 1.